The predicted molar refractivity (Wildman–Crippen MR) is 75.9 cm³/mol. The van der Waals surface area contributed by atoms with Gasteiger partial charge in [-0.3, -0.25) is 4.90 Å². The van der Waals surface area contributed by atoms with Crippen LogP contribution in [0.1, 0.15) is 26.7 Å². The average molecular weight is 271 g/mol. The van der Waals surface area contributed by atoms with E-state index in [1.165, 1.54) is 0 Å². The molecule has 0 radical (unpaired) electrons. The van der Waals surface area contributed by atoms with Crippen LogP contribution in [0.2, 0.25) is 0 Å². The van der Waals surface area contributed by atoms with E-state index < -0.39 is 12.2 Å². The molecule has 4 N–H and O–H groups in total. The van der Waals surface area contributed by atoms with Crippen LogP contribution in [-0.2, 0) is 0 Å². The second kappa shape index (κ2) is 6.50. The molecule has 2 heterocycles. The molecular formula is C14H29N3O2. The van der Waals surface area contributed by atoms with Crippen LogP contribution in [0, 0.1) is 5.92 Å². The van der Waals surface area contributed by atoms with Crippen LogP contribution in [0.15, 0.2) is 0 Å². The molecule has 0 saturated carbocycles. The van der Waals surface area contributed by atoms with Gasteiger partial charge in [-0.2, -0.15) is 0 Å². The Morgan fingerprint density at radius 3 is 2.42 bits per heavy atom. The third-order valence-electron chi connectivity index (χ3n) is 4.70. The Morgan fingerprint density at radius 2 is 1.84 bits per heavy atom. The van der Waals surface area contributed by atoms with Gasteiger partial charge in [0.05, 0.1) is 12.2 Å². The first-order chi connectivity index (χ1) is 8.97. The Morgan fingerprint density at radius 1 is 1.21 bits per heavy atom. The van der Waals surface area contributed by atoms with E-state index in [-0.39, 0.29) is 5.92 Å². The minimum atomic E-state index is -0.610. The predicted octanol–water partition coefficient (Wildman–Crippen LogP) is -0.528. The van der Waals surface area contributed by atoms with Crippen LogP contribution in [0.4, 0.5) is 0 Å². The molecule has 2 aliphatic heterocycles. The summed E-state index contributed by atoms with van der Waals surface area (Å²) in [6.07, 6.45) is 0.993. The van der Waals surface area contributed by atoms with Crippen molar-refractivity contribution in [3.63, 3.8) is 0 Å². The Kier molecular flexibility index (Phi) is 5.20. The first kappa shape index (κ1) is 15.2. The maximum Gasteiger partial charge on any atom is 0.0928 e. The highest BCUT2D eigenvalue weighted by Crippen LogP contribution is 2.20. The highest BCUT2D eigenvalue weighted by molar-refractivity contribution is 4.88. The molecule has 2 fully saturated rings. The van der Waals surface area contributed by atoms with E-state index in [2.05, 4.69) is 16.7 Å². The molecule has 112 valence electrons. The number of rotatable bonds is 3. The Balaban J connectivity index is 1.81. The second-order valence-corrected chi connectivity index (χ2v) is 6.48. The van der Waals surface area contributed by atoms with Crippen LogP contribution in [0.5, 0.6) is 0 Å². The molecule has 0 aromatic rings. The summed E-state index contributed by atoms with van der Waals surface area (Å²) in [5.41, 5.74) is 5.92. The molecule has 0 aliphatic carbocycles. The number of nitrogens with two attached hydrogens (primary N) is 1. The Bertz CT molecular complexity index is 270. The van der Waals surface area contributed by atoms with E-state index in [9.17, 15) is 10.2 Å². The van der Waals surface area contributed by atoms with E-state index in [1.807, 2.05) is 6.92 Å². The first-order valence-corrected chi connectivity index (χ1v) is 7.55. The average Bonchev–Trinajstić information content (AvgIpc) is 2.38. The van der Waals surface area contributed by atoms with Crippen molar-refractivity contribution in [3.05, 3.63) is 0 Å². The van der Waals surface area contributed by atoms with Crippen LogP contribution < -0.4 is 5.73 Å². The van der Waals surface area contributed by atoms with Gasteiger partial charge in [-0.25, -0.2) is 0 Å². The van der Waals surface area contributed by atoms with Crippen molar-refractivity contribution >= 4 is 0 Å². The molecule has 5 heteroatoms. The molecule has 2 saturated heterocycles. The summed E-state index contributed by atoms with van der Waals surface area (Å²) in [5, 5.41) is 19.7. The minimum Gasteiger partial charge on any atom is -0.390 e. The normalized spacial score (nSPS) is 37.4. The van der Waals surface area contributed by atoms with Crippen LogP contribution in [-0.4, -0.2) is 77.0 Å². The quantitative estimate of drug-likeness (QED) is 0.644. The smallest absolute Gasteiger partial charge is 0.0928 e. The summed E-state index contributed by atoms with van der Waals surface area (Å²) < 4.78 is 0. The standard InChI is InChI=1S/C14H29N3O2/c1-10-7-17(9-13(18)14(10)19)11(2)8-16-5-3-12(15)4-6-16/h10-14,18-19H,3-9,15H2,1-2H3. The van der Waals surface area contributed by atoms with Crippen LogP contribution >= 0.6 is 0 Å². The van der Waals surface area contributed by atoms with Gasteiger partial charge in [0.1, 0.15) is 0 Å². The Labute approximate surface area is 116 Å². The van der Waals surface area contributed by atoms with Gasteiger partial charge >= 0.3 is 0 Å². The fourth-order valence-corrected chi connectivity index (χ4v) is 3.26. The van der Waals surface area contributed by atoms with Crippen molar-refractivity contribution in [3.8, 4) is 0 Å². The zero-order chi connectivity index (χ0) is 14.0. The fourth-order valence-electron chi connectivity index (χ4n) is 3.26. The maximum absolute atomic E-state index is 9.89. The molecule has 5 nitrogen and oxygen atoms in total. The van der Waals surface area contributed by atoms with Crippen molar-refractivity contribution in [1.82, 2.24) is 9.80 Å². The molecule has 2 rings (SSSR count). The van der Waals surface area contributed by atoms with Crippen molar-refractivity contribution < 1.29 is 10.2 Å². The number of likely N-dealkylation sites (tertiary alicyclic amines) is 2. The van der Waals surface area contributed by atoms with Gasteiger partial charge in [-0.1, -0.05) is 6.92 Å². The monoisotopic (exact) mass is 271 g/mol. The van der Waals surface area contributed by atoms with Gasteiger partial charge in [0, 0.05) is 31.7 Å². The molecule has 2 aliphatic rings. The number of aliphatic hydroxyl groups is 2. The molecule has 0 amide bonds. The lowest BCUT2D eigenvalue weighted by molar-refractivity contribution is -0.0799. The van der Waals surface area contributed by atoms with Gasteiger partial charge in [-0.15, -0.1) is 0 Å². The number of nitrogens with zero attached hydrogens (tertiary/aromatic N) is 2. The highest BCUT2D eigenvalue weighted by atomic mass is 16.3. The molecule has 4 unspecified atom stereocenters. The molecule has 0 aromatic carbocycles. The molecule has 0 bridgehead atoms. The Hall–Kier alpha value is -0.200. The topological polar surface area (TPSA) is 73.0 Å². The minimum absolute atomic E-state index is 0.140. The molecule has 0 spiro atoms. The van der Waals surface area contributed by atoms with Gasteiger partial charge in [-0.05, 0) is 38.8 Å². The third-order valence-corrected chi connectivity index (χ3v) is 4.70. The summed E-state index contributed by atoms with van der Waals surface area (Å²) in [7, 11) is 0. The van der Waals surface area contributed by atoms with E-state index in [0.29, 0.717) is 18.6 Å². The van der Waals surface area contributed by atoms with Crippen molar-refractivity contribution in [2.45, 2.75) is 51.0 Å². The van der Waals surface area contributed by atoms with Gasteiger partial charge in [0.2, 0.25) is 0 Å². The number of β-amino-alcohol motifs (C(OH)–C–C–N with tert-alkyl or cyclic N) is 1. The van der Waals surface area contributed by atoms with Crippen LogP contribution in [0.25, 0.3) is 0 Å². The highest BCUT2D eigenvalue weighted by Gasteiger charge is 2.34. The molecular weight excluding hydrogens is 242 g/mol. The van der Waals surface area contributed by atoms with Crippen molar-refractivity contribution in [2.75, 3.05) is 32.7 Å². The fraction of sp³-hybridized carbons (Fsp3) is 1.00. The van der Waals surface area contributed by atoms with Gasteiger partial charge in [0.25, 0.3) is 0 Å². The summed E-state index contributed by atoms with van der Waals surface area (Å²) in [6, 6.07) is 0.789. The van der Waals surface area contributed by atoms with E-state index >= 15 is 0 Å². The number of hydrogen-bond acceptors (Lipinski definition) is 5. The number of aliphatic hydroxyl groups excluding tert-OH is 2. The summed E-state index contributed by atoms with van der Waals surface area (Å²) in [5.74, 6) is 0.140. The largest absolute Gasteiger partial charge is 0.390 e. The molecule has 4 atom stereocenters. The van der Waals surface area contributed by atoms with Crippen molar-refractivity contribution in [1.29, 1.82) is 0 Å². The molecule has 19 heavy (non-hydrogen) atoms. The van der Waals surface area contributed by atoms with Crippen molar-refractivity contribution in [2.24, 2.45) is 11.7 Å². The lowest BCUT2D eigenvalue weighted by Crippen LogP contribution is -2.56. The number of piperidine rings is 2. The lowest BCUT2D eigenvalue weighted by Gasteiger charge is -2.43. The summed E-state index contributed by atoms with van der Waals surface area (Å²) >= 11 is 0. The SMILES string of the molecule is CC1CN(C(C)CN2CCC(N)CC2)CC(O)C1O. The maximum atomic E-state index is 9.89. The van der Waals surface area contributed by atoms with E-state index in [0.717, 1.165) is 39.0 Å². The summed E-state index contributed by atoms with van der Waals surface area (Å²) in [6.45, 7) is 8.87. The van der Waals surface area contributed by atoms with E-state index in [1.54, 1.807) is 0 Å². The third kappa shape index (κ3) is 3.89. The van der Waals surface area contributed by atoms with Crippen LogP contribution in [0.3, 0.4) is 0 Å². The zero-order valence-electron chi connectivity index (χ0n) is 12.2. The lowest BCUT2D eigenvalue weighted by atomic mass is 9.93. The first-order valence-electron chi connectivity index (χ1n) is 7.55. The van der Waals surface area contributed by atoms with E-state index in [4.69, 9.17) is 5.73 Å². The molecule has 0 aromatic heterocycles. The van der Waals surface area contributed by atoms with Gasteiger partial charge < -0.3 is 20.8 Å². The number of hydrogen-bond donors (Lipinski definition) is 3. The van der Waals surface area contributed by atoms with Gasteiger partial charge in [0.15, 0.2) is 0 Å². The zero-order valence-corrected chi connectivity index (χ0v) is 12.2. The summed E-state index contributed by atoms with van der Waals surface area (Å²) in [4.78, 5) is 4.77. The second-order valence-electron chi connectivity index (χ2n) is 6.48.